The van der Waals surface area contributed by atoms with Gasteiger partial charge in [0.05, 0.1) is 0 Å². The number of carbonyl (C=O) groups excluding carboxylic acids is 1. The average Bonchev–Trinajstić information content (AvgIpc) is 2.65. The summed E-state index contributed by atoms with van der Waals surface area (Å²) in [5.74, 6) is 1.19. The zero-order valence-corrected chi connectivity index (χ0v) is 16.6. The Labute approximate surface area is 165 Å². The summed E-state index contributed by atoms with van der Waals surface area (Å²) in [6.07, 6.45) is 0. The van der Waals surface area contributed by atoms with Gasteiger partial charge in [-0.25, -0.2) is 4.98 Å². The summed E-state index contributed by atoms with van der Waals surface area (Å²) in [6, 6.07) is 15.1. The second kappa shape index (κ2) is 8.52. The molecule has 3 N–H and O–H groups in total. The van der Waals surface area contributed by atoms with Gasteiger partial charge in [0.25, 0.3) is 5.91 Å². The van der Waals surface area contributed by atoms with Gasteiger partial charge in [0.1, 0.15) is 5.82 Å². The smallest absolute Gasteiger partial charge is 0.255 e. The van der Waals surface area contributed by atoms with Gasteiger partial charge in [-0.3, -0.25) is 4.79 Å². The molecular formula is C22H25N5O. The summed E-state index contributed by atoms with van der Waals surface area (Å²) in [4.78, 5) is 21.3. The van der Waals surface area contributed by atoms with Crippen LogP contribution in [0, 0.1) is 20.8 Å². The molecule has 0 radical (unpaired) electrons. The SMILES string of the molecule is CCNc1cc(C)nc(Nc2ccc(NC(=O)c3ccc(C)c(C)c3)cc2)n1. The van der Waals surface area contributed by atoms with Crippen molar-refractivity contribution in [1.29, 1.82) is 0 Å². The molecule has 28 heavy (non-hydrogen) atoms. The molecule has 0 aliphatic heterocycles. The van der Waals surface area contributed by atoms with Crippen molar-refractivity contribution < 1.29 is 4.79 Å². The summed E-state index contributed by atoms with van der Waals surface area (Å²) in [5, 5.41) is 9.31. The number of carbonyl (C=O) groups is 1. The molecule has 144 valence electrons. The topological polar surface area (TPSA) is 78.9 Å². The highest BCUT2D eigenvalue weighted by molar-refractivity contribution is 6.04. The van der Waals surface area contributed by atoms with Gasteiger partial charge < -0.3 is 16.0 Å². The first kappa shape index (κ1) is 19.4. The Morgan fingerprint density at radius 3 is 2.29 bits per heavy atom. The minimum absolute atomic E-state index is 0.124. The second-order valence-electron chi connectivity index (χ2n) is 6.70. The molecule has 2 aromatic carbocycles. The fraction of sp³-hybridized carbons (Fsp3) is 0.227. The van der Waals surface area contributed by atoms with Crippen molar-refractivity contribution in [1.82, 2.24) is 9.97 Å². The van der Waals surface area contributed by atoms with Crippen LogP contribution in [-0.4, -0.2) is 22.4 Å². The minimum atomic E-state index is -0.124. The molecule has 6 heteroatoms. The van der Waals surface area contributed by atoms with E-state index in [1.807, 2.05) is 76.2 Å². The van der Waals surface area contributed by atoms with Crippen molar-refractivity contribution in [2.75, 3.05) is 22.5 Å². The third-order valence-corrected chi connectivity index (χ3v) is 4.38. The number of aromatic nitrogens is 2. The fourth-order valence-electron chi connectivity index (χ4n) is 2.75. The number of aryl methyl sites for hydroxylation is 3. The molecule has 0 unspecified atom stereocenters. The van der Waals surface area contributed by atoms with Crippen molar-refractivity contribution >= 4 is 29.0 Å². The quantitative estimate of drug-likeness (QED) is 0.575. The molecule has 0 saturated heterocycles. The number of amides is 1. The zero-order valence-electron chi connectivity index (χ0n) is 16.6. The van der Waals surface area contributed by atoms with E-state index in [-0.39, 0.29) is 5.91 Å². The highest BCUT2D eigenvalue weighted by Crippen LogP contribution is 2.19. The maximum atomic E-state index is 12.4. The molecule has 3 rings (SSSR count). The summed E-state index contributed by atoms with van der Waals surface area (Å²) in [6.45, 7) is 8.78. The molecule has 0 spiro atoms. The predicted octanol–water partition coefficient (Wildman–Crippen LogP) is 4.83. The highest BCUT2D eigenvalue weighted by Gasteiger charge is 2.08. The van der Waals surface area contributed by atoms with Gasteiger partial charge in [-0.15, -0.1) is 0 Å². The van der Waals surface area contributed by atoms with Crippen LogP contribution in [0.15, 0.2) is 48.5 Å². The van der Waals surface area contributed by atoms with Gasteiger partial charge >= 0.3 is 0 Å². The van der Waals surface area contributed by atoms with Crippen molar-refractivity contribution in [2.24, 2.45) is 0 Å². The van der Waals surface area contributed by atoms with Crippen molar-refractivity contribution in [2.45, 2.75) is 27.7 Å². The molecule has 6 nitrogen and oxygen atoms in total. The number of nitrogens with one attached hydrogen (secondary N) is 3. The van der Waals surface area contributed by atoms with E-state index in [2.05, 4.69) is 25.9 Å². The van der Waals surface area contributed by atoms with Crippen LogP contribution in [0.4, 0.5) is 23.1 Å². The number of rotatable bonds is 6. The average molecular weight is 375 g/mol. The lowest BCUT2D eigenvalue weighted by molar-refractivity contribution is 0.102. The maximum Gasteiger partial charge on any atom is 0.255 e. The van der Waals surface area contributed by atoms with E-state index < -0.39 is 0 Å². The van der Waals surface area contributed by atoms with Crippen LogP contribution in [0.1, 0.15) is 34.1 Å². The standard InChI is InChI=1S/C22H25N5O/c1-5-23-20-13-16(4)24-22(27-20)26-19-10-8-18(9-11-19)25-21(28)17-7-6-14(2)15(3)12-17/h6-13H,5H2,1-4H3,(H,25,28)(H2,23,24,26,27). The Morgan fingerprint density at radius 1 is 0.893 bits per heavy atom. The first-order valence-corrected chi connectivity index (χ1v) is 9.30. The van der Waals surface area contributed by atoms with Gasteiger partial charge in [-0.2, -0.15) is 4.98 Å². The summed E-state index contributed by atoms with van der Waals surface area (Å²) < 4.78 is 0. The van der Waals surface area contributed by atoms with E-state index in [0.717, 1.165) is 35.0 Å². The van der Waals surface area contributed by atoms with E-state index in [1.54, 1.807) is 0 Å². The molecule has 0 aliphatic carbocycles. The third-order valence-electron chi connectivity index (χ3n) is 4.38. The lowest BCUT2D eigenvalue weighted by atomic mass is 10.1. The fourth-order valence-corrected chi connectivity index (χ4v) is 2.75. The molecule has 1 amide bonds. The van der Waals surface area contributed by atoms with E-state index in [1.165, 1.54) is 5.56 Å². The largest absolute Gasteiger partial charge is 0.370 e. The van der Waals surface area contributed by atoms with Gasteiger partial charge in [0.2, 0.25) is 5.95 Å². The molecule has 1 heterocycles. The Hall–Kier alpha value is -3.41. The van der Waals surface area contributed by atoms with Crippen LogP contribution in [0.25, 0.3) is 0 Å². The lowest BCUT2D eigenvalue weighted by Gasteiger charge is -2.10. The van der Waals surface area contributed by atoms with E-state index in [4.69, 9.17) is 0 Å². The van der Waals surface area contributed by atoms with Crippen molar-refractivity contribution in [3.05, 3.63) is 70.9 Å². The number of nitrogens with zero attached hydrogens (tertiary/aromatic N) is 2. The Bertz CT molecular complexity index is 983. The molecular weight excluding hydrogens is 350 g/mol. The number of benzene rings is 2. The van der Waals surface area contributed by atoms with Crippen LogP contribution < -0.4 is 16.0 Å². The van der Waals surface area contributed by atoms with Gasteiger partial charge in [0.15, 0.2) is 0 Å². The molecule has 0 aliphatic rings. The van der Waals surface area contributed by atoms with Crippen LogP contribution in [-0.2, 0) is 0 Å². The third kappa shape index (κ3) is 4.85. The van der Waals surface area contributed by atoms with Crippen LogP contribution in [0.5, 0.6) is 0 Å². The second-order valence-corrected chi connectivity index (χ2v) is 6.70. The Balaban J connectivity index is 1.68. The number of anilines is 4. The summed E-state index contributed by atoms with van der Waals surface area (Å²) >= 11 is 0. The van der Waals surface area contributed by atoms with E-state index >= 15 is 0 Å². The summed E-state index contributed by atoms with van der Waals surface area (Å²) in [5.41, 5.74) is 5.37. The van der Waals surface area contributed by atoms with Crippen LogP contribution in [0.3, 0.4) is 0 Å². The first-order valence-electron chi connectivity index (χ1n) is 9.30. The molecule has 0 fully saturated rings. The molecule has 0 atom stereocenters. The van der Waals surface area contributed by atoms with E-state index in [9.17, 15) is 4.79 Å². The Morgan fingerprint density at radius 2 is 1.61 bits per heavy atom. The molecule has 3 aromatic rings. The number of hydrogen-bond acceptors (Lipinski definition) is 5. The molecule has 0 saturated carbocycles. The maximum absolute atomic E-state index is 12.4. The predicted molar refractivity (Wildman–Crippen MR) is 115 cm³/mol. The molecule has 0 bridgehead atoms. The Kier molecular flexibility index (Phi) is 5.89. The molecule has 1 aromatic heterocycles. The highest BCUT2D eigenvalue weighted by atomic mass is 16.1. The zero-order chi connectivity index (χ0) is 20.1. The van der Waals surface area contributed by atoms with Crippen LogP contribution in [0.2, 0.25) is 0 Å². The van der Waals surface area contributed by atoms with E-state index in [0.29, 0.717) is 11.5 Å². The van der Waals surface area contributed by atoms with Gasteiger partial charge in [-0.1, -0.05) is 6.07 Å². The van der Waals surface area contributed by atoms with Gasteiger partial charge in [0, 0.05) is 35.2 Å². The van der Waals surface area contributed by atoms with Crippen molar-refractivity contribution in [3.8, 4) is 0 Å². The lowest BCUT2D eigenvalue weighted by Crippen LogP contribution is -2.12. The minimum Gasteiger partial charge on any atom is -0.370 e. The van der Waals surface area contributed by atoms with Crippen molar-refractivity contribution in [3.63, 3.8) is 0 Å². The normalized spacial score (nSPS) is 10.4. The monoisotopic (exact) mass is 375 g/mol. The number of hydrogen-bond donors (Lipinski definition) is 3. The van der Waals surface area contributed by atoms with Gasteiger partial charge in [-0.05, 0) is 75.2 Å². The first-order chi connectivity index (χ1) is 13.4. The van der Waals surface area contributed by atoms with Crippen LogP contribution >= 0.6 is 0 Å². The summed E-state index contributed by atoms with van der Waals surface area (Å²) in [7, 11) is 0.